The van der Waals surface area contributed by atoms with E-state index >= 15 is 0 Å². The summed E-state index contributed by atoms with van der Waals surface area (Å²) in [5.41, 5.74) is 1.74. The van der Waals surface area contributed by atoms with Crippen molar-refractivity contribution < 1.29 is 9.21 Å². The van der Waals surface area contributed by atoms with Gasteiger partial charge >= 0.3 is 0 Å². The highest BCUT2D eigenvalue weighted by atomic mass is 32.1. The summed E-state index contributed by atoms with van der Waals surface area (Å²) in [6, 6.07) is 13.3. The van der Waals surface area contributed by atoms with Crippen LogP contribution in [0.5, 0.6) is 0 Å². The second-order valence-electron chi connectivity index (χ2n) is 5.99. The second kappa shape index (κ2) is 6.64. The van der Waals surface area contributed by atoms with Crippen molar-refractivity contribution in [2.24, 2.45) is 0 Å². The lowest BCUT2D eigenvalue weighted by atomic mass is 10.2. The van der Waals surface area contributed by atoms with Gasteiger partial charge in [0.1, 0.15) is 5.58 Å². The van der Waals surface area contributed by atoms with Gasteiger partial charge in [-0.1, -0.05) is 24.3 Å². The van der Waals surface area contributed by atoms with Crippen LogP contribution in [-0.2, 0) is 6.42 Å². The average molecular weight is 394 g/mol. The molecule has 8 heteroatoms. The average Bonchev–Trinajstić information content (AvgIpc) is 3.44. The van der Waals surface area contributed by atoms with Crippen molar-refractivity contribution in [3.05, 3.63) is 64.7 Å². The van der Waals surface area contributed by atoms with Gasteiger partial charge in [0.05, 0.1) is 10.6 Å². The minimum atomic E-state index is -0.212. The Kier molecular flexibility index (Phi) is 3.99. The van der Waals surface area contributed by atoms with Crippen LogP contribution < -0.4 is 5.32 Å². The van der Waals surface area contributed by atoms with Crippen LogP contribution >= 0.6 is 22.7 Å². The molecule has 5 rings (SSSR count). The molecule has 0 saturated carbocycles. The van der Waals surface area contributed by atoms with Crippen LogP contribution in [0.25, 0.3) is 26.6 Å². The molecule has 6 nitrogen and oxygen atoms in total. The maximum absolute atomic E-state index is 12.3. The number of aromatic nitrogens is 3. The molecule has 134 valence electrons. The van der Waals surface area contributed by atoms with E-state index in [9.17, 15) is 4.79 Å². The standard InChI is InChI=1S/C19H14N4O2S2/c24-18(15-10-12-4-1-2-5-14(12)25-15)20-8-7-13-11-27-19-21-17(22-23(13)19)16-6-3-9-26-16/h1-6,9-11H,7-8H2,(H,20,24). The van der Waals surface area contributed by atoms with E-state index in [-0.39, 0.29) is 5.91 Å². The molecule has 5 aromatic rings. The molecule has 0 bridgehead atoms. The topological polar surface area (TPSA) is 72.4 Å². The quantitative estimate of drug-likeness (QED) is 0.484. The Morgan fingerprint density at radius 2 is 2.11 bits per heavy atom. The summed E-state index contributed by atoms with van der Waals surface area (Å²) in [6.07, 6.45) is 0.666. The Balaban J connectivity index is 1.28. The van der Waals surface area contributed by atoms with Gasteiger partial charge in [0.25, 0.3) is 5.91 Å². The lowest BCUT2D eigenvalue weighted by Crippen LogP contribution is -2.25. The molecule has 0 saturated heterocycles. The van der Waals surface area contributed by atoms with Crippen molar-refractivity contribution in [2.45, 2.75) is 6.42 Å². The number of amides is 1. The highest BCUT2D eigenvalue weighted by Gasteiger charge is 2.14. The first-order valence-electron chi connectivity index (χ1n) is 8.42. The summed E-state index contributed by atoms with van der Waals surface area (Å²) in [5.74, 6) is 0.854. The highest BCUT2D eigenvalue weighted by molar-refractivity contribution is 7.15. The molecule has 0 aliphatic rings. The fraction of sp³-hybridized carbons (Fsp3) is 0.105. The molecule has 0 radical (unpaired) electrons. The number of carbonyl (C=O) groups is 1. The molecule has 0 fully saturated rings. The van der Waals surface area contributed by atoms with Gasteiger partial charge < -0.3 is 9.73 Å². The van der Waals surface area contributed by atoms with E-state index in [1.165, 1.54) is 0 Å². The summed E-state index contributed by atoms with van der Waals surface area (Å²) < 4.78 is 7.45. The maximum Gasteiger partial charge on any atom is 0.287 e. The number of para-hydroxylation sites is 1. The van der Waals surface area contributed by atoms with Crippen LogP contribution in [0.4, 0.5) is 0 Å². The monoisotopic (exact) mass is 394 g/mol. The van der Waals surface area contributed by atoms with Gasteiger partial charge in [-0.25, -0.2) is 4.52 Å². The van der Waals surface area contributed by atoms with E-state index in [2.05, 4.69) is 15.4 Å². The first kappa shape index (κ1) is 16.2. The first-order chi connectivity index (χ1) is 13.3. The number of hydrogen-bond donors (Lipinski definition) is 1. The van der Waals surface area contributed by atoms with Crippen molar-refractivity contribution >= 4 is 44.5 Å². The van der Waals surface area contributed by atoms with E-state index in [0.29, 0.717) is 24.3 Å². The number of nitrogens with one attached hydrogen (secondary N) is 1. The van der Waals surface area contributed by atoms with Crippen LogP contribution in [0.1, 0.15) is 16.2 Å². The molecule has 1 aromatic carbocycles. The lowest BCUT2D eigenvalue weighted by Gasteiger charge is -2.02. The van der Waals surface area contributed by atoms with Crippen LogP contribution in [-0.4, -0.2) is 27.0 Å². The summed E-state index contributed by atoms with van der Waals surface area (Å²) >= 11 is 3.17. The van der Waals surface area contributed by atoms with Crippen LogP contribution in [0.15, 0.2) is 57.6 Å². The lowest BCUT2D eigenvalue weighted by molar-refractivity contribution is 0.0928. The third kappa shape index (κ3) is 3.02. The number of rotatable bonds is 5. The SMILES string of the molecule is O=C(NCCc1csc2nc(-c3cccs3)nn12)c1cc2ccccc2o1. The number of thiazole rings is 1. The number of furan rings is 1. The predicted molar refractivity (Wildman–Crippen MR) is 106 cm³/mol. The molecule has 0 aliphatic carbocycles. The summed E-state index contributed by atoms with van der Waals surface area (Å²) in [7, 11) is 0. The van der Waals surface area contributed by atoms with E-state index in [0.717, 1.165) is 26.7 Å². The number of thiophene rings is 1. The molecule has 1 N–H and O–H groups in total. The predicted octanol–water partition coefficient (Wildman–Crippen LogP) is 4.24. The molecule has 0 aliphatic heterocycles. The number of nitrogens with zero attached hydrogens (tertiary/aromatic N) is 3. The van der Waals surface area contributed by atoms with Gasteiger partial charge in [0.15, 0.2) is 11.6 Å². The van der Waals surface area contributed by atoms with Gasteiger partial charge in [0.2, 0.25) is 4.96 Å². The van der Waals surface area contributed by atoms with E-state index < -0.39 is 0 Å². The minimum absolute atomic E-state index is 0.212. The molecule has 0 atom stereocenters. The Morgan fingerprint density at radius 3 is 2.96 bits per heavy atom. The van der Waals surface area contributed by atoms with Crippen LogP contribution in [0.3, 0.4) is 0 Å². The third-order valence-electron chi connectivity index (χ3n) is 4.21. The molecule has 4 aromatic heterocycles. The third-order valence-corrected chi connectivity index (χ3v) is 5.94. The van der Waals surface area contributed by atoms with Crippen molar-refractivity contribution in [2.75, 3.05) is 6.54 Å². The molecular weight excluding hydrogens is 380 g/mol. The molecule has 0 spiro atoms. The largest absolute Gasteiger partial charge is 0.451 e. The first-order valence-corrected chi connectivity index (χ1v) is 10.2. The molecule has 27 heavy (non-hydrogen) atoms. The second-order valence-corrected chi connectivity index (χ2v) is 7.77. The number of benzene rings is 1. The molecule has 1 amide bonds. The smallest absolute Gasteiger partial charge is 0.287 e. The zero-order valence-electron chi connectivity index (χ0n) is 14.1. The van der Waals surface area contributed by atoms with E-state index in [4.69, 9.17) is 4.42 Å². The van der Waals surface area contributed by atoms with Crippen molar-refractivity contribution in [3.63, 3.8) is 0 Å². The fourth-order valence-electron chi connectivity index (χ4n) is 2.89. The Hall–Kier alpha value is -2.97. The van der Waals surface area contributed by atoms with Crippen molar-refractivity contribution in [1.82, 2.24) is 19.9 Å². The number of fused-ring (bicyclic) bond motifs is 2. The highest BCUT2D eigenvalue weighted by Crippen LogP contribution is 2.24. The Bertz CT molecular complexity index is 1200. The summed E-state index contributed by atoms with van der Waals surface area (Å²) in [6.45, 7) is 0.496. The molecule has 0 unspecified atom stereocenters. The van der Waals surface area contributed by atoms with Crippen LogP contribution in [0.2, 0.25) is 0 Å². The summed E-state index contributed by atoms with van der Waals surface area (Å²) in [5, 5.41) is 12.5. The molecular formula is C19H14N4O2S2. The van der Waals surface area contributed by atoms with Gasteiger partial charge in [-0.3, -0.25) is 4.79 Å². The maximum atomic E-state index is 12.3. The fourth-order valence-corrected chi connectivity index (χ4v) is 4.40. The Labute approximate surface area is 162 Å². The number of hydrogen-bond acceptors (Lipinski definition) is 6. The van der Waals surface area contributed by atoms with Crippen LogP contribution in [0, 0.1) is 0 Å². The summed E-state index contributed by atoms with van der Waals surface area (Å²) in [4.78, 5) is 18.8. The van der Waals surface area contributed by atoms with E-state index in [1.807, 2.05) is 51.7 Å². The van der Waals surface area contributed by atoms with E-state index in [1.54, 1.807) is 28.7 Å². The zero-order valence-corrected chi connectivity index (χ0v) is 15.7. The van der Waals surface area contributed by atoms with Crippen molar-refractivity contribution in [3.8, 4) is 10.7 Å². The van der Waals surface area contributed by atoms with Gasteiger partial charge in [-0.2, -0.15) is 4.98 Å². The zero-order chi connectivity index (χ0) is 18.2. The van der Waals surface area contributed by atoms with Gasteiger partial charge in [-0.05, 0) is 23.6 Å². The number of carbonyl (C=O) groups excluding carboxylic acids is 1. The Morgan fingerprint density at radius 1 is 1.19 bits per heavy atom. The normalized spacial score (nSPS) is 11.4. The van der Waals surface area contributed by atoms with Gasteiger partial charge in [-0.15, -0.1) is 27.8 Å². The molecule has 4 heterocycles. The van der Waals surface area contributed by atoms with Crippen molar-refractivity contribution in [1.29, 1.82) is 0 Å². The minimum Gasteiger partial charge on any atom is -0.451 e. The van der Waals surface area contributed by atoms with Gasteiger partial charge in [0, 0.05) is 23.7 Å².